The molecule has 1 N–H and O–H groups in total. The van der Waals surface area contributed by atoms with Crippen LogP contribution >= 0.6 is 0 Å². The molecule has 0 radical (unpaired) electrons. The van der Waals surface area contributed by atoms with Crippen molar-refractivity contribution in [3.05, 3.63) is 29.3 Å². The summed E-state index contributed by atoms with van der Waals surface area (Å²) in [4.78, 5) is 14.7. The number of urea groups is 1. The average Bonchev–Trinajstić information content (AvgIpc) is 2.63. The van der Waals surface area contributed by atoms with Crippen molar-refractivity contribution in [2.75, 3.05) is 25.5 Å². The quantitative estimate of drug-likeness (QED) is 0.896. The third-order valence-electron chi connectivity index (χ3n) is 5.24. The van der Waals surface area contributed by atoms with Gasteiger partial charge in [0.15, 0.2) is 0 Å². The molecule has 26 heavy (non-hydrogen) atoms. The summed E-state index contributed by atoms with van der Waals surface area (Å²) in [7, 11) is 1.59. The van der Waals surface area contributed by atoms with Crippen LogP contribution in [0.4, 0.5) is 10.5 Å². The number of methoxy groups -OCH3 is 1. The van der Waals surface area contributed by atoms with E-state index >= 15 is 0 Å². The SMILES string of the molecule is COCc1ccc(NC(=O)N2CC(C)OC3(CCCCC3)C2)cc1C#N. The zero-order valence-electron chi connectivity index (χ0n) is 15.6. The van der Waals surface area contributed by atoms with Crippen LogP contribution in [-0.4, -0.2) is 42.8 Å². The summed E-state index contributed by atoms with van der Waals surface area (Å²) in [6, 6.07) is 7.37. The van der Waals surface area contributed by atoms with Crippen molar-refractivity contribution in [1.82, 2.24) is 4.90 Å². The maximum absolute atomic E-state index is 12.8. The fourth-order valence-corrected chi connectivity index (χ4v) is 4.09. The molecule has 1 aromatic carbocycles. The molecule has 1 saturated carbocycles. The fourth-order valence-electron chi connectivity index (χ4n) is 4.09. The molecule has 1 atom stereocenters. The molecule has 140 valence electrons. The molecule has 6 nitrogen and oxygen atoms in total. The summed E-state index contributed by atoms with van der Waals surface area (Å²) in [5, 5.41) is 12.2. The molecule has 2 fully saturated rings. The van der Waals surface area contributed by atoms with Gasteiger partial charge in [-0.2, -0.15) is 5.26 Å². The van der Waals surface area contributed by atoms with Crippen LogP contribution in [-0.2, 0) is 16.1 Å². The van der Waals surface area contributed by atoms with E-state index in [0.717, 1.165) is 31.2 Å². The second-order valence-electron chi connectivity index (χ2n) is 7.40. The van der Waals surface area contributed by atoms with Crippen molar-refractivity contribution in [1.29, 1.82) is 5.26 Å². The number of carbonyl (C=O) groups excluding carboxylic acids is 1. The minimum atomic E-state index is -0.187. The number of rotatable bonds is 3. The van der Waals surface area contributed by atoms with Crippen LogP contribution in [0.5, 0.6) is 0 Å². The van der Waals surface area contributed by atoms with Crippen LogP contribution in [0.3, 0.4) is 0 Å². The summed E-state index contributed by atoms with van der Waals surface area (Å²) < 4.78 is 11.3. The number of nitrogens with zero attached hydrogens (tertiary/aromatic N) is 2. The van der Waals surface area contributed by atoms with E-state index in [1.54, 1.807) is 13.2 Å². The Kier molecular flexibility index (Phi) is 5.80. The van der Waals surface area contributed by atoms with Crippen LogP contribution in [0, 0.1) is 11.3 Å². The molecular weight excluding hydrogens is 330 g/mol. The van der Waals surface area contributed by atoms with Gasteiger partial charge in [-0.1, -0.05) is 25.3 Å². The van der Waals surface area contributed by atoms with Crippen molar-refractivity contribution >= 4 is 11.7 Å². The minimum Gasteiger partial charge on any atom is -0.380 e. The Bertz CT molecular complexity index is 692. The maximum atomic E-state index is 12.8. The highest BCUT2D eigenvalue weighted by Gasteiger charge is 2.41. The summed E-state index contributed by atoms with van der Waals surface area (Å²) in [5.41, 5.74) is 1.77. The highest BCUT2D eigenvalue weighted by atomic mass is 16.5. The van der Waals surface area contributed by atoms with E-state index in [0.29, 0.717) is 30.9 Å². The first-order valence-electron chi connectivity index (χ1n) is 9.31. The van der Waals surface area contributed by atoms with Crippen molar-refractivity contribution in [3.63, 3.8) is 0 Å². The lowest BCUT2D eigenvalue weighted by molar-refractivity contribution is -0.152. The van der Waals surface area contributed by atoms with E-state index in [9.17, 15) is 10.1 Å². The third-order valence-corrected chi connectivity index (χ3v) is 5.24. The van der Waals surface area contributed by atoms with Gasteiger partial charge in [-0.05, 0) is 37.5 Å². The van der Waals surface area contributed by atoms with Gasteiger partial charge in [0, 0.05) is 19.3 Å². The number of anilines is 1. The van der Waals surface area contributed by atoms with Crippen molar-refractivity contribution in [3.8, 4) is 6.07 Å². The largest absolute Gasteiger partial charge is 0.380 e. The second-order valence-corrected chi connectivity index (χ2v) is 7.40. The zero-order chi connectivity index (χ0) is 18.6. The van der Waals surface area contributed by atoms with Gasteiger partial charge in [-0.15, -0.1) is 0 Å². The van der Waals surface area contributed by atoms with E-state index in [-0.39, 0.29) is 17.7 Å². The van der Waals surface area contributed by atoms with Gasteiger partial charge >= 0.3 is 6.03 Å². The lowest BCUT2D eigenvalue weighted by Crippen LogP contribution is -2.58. The number of nitriles is 1. The standard InChI is InChI=1S/C20H27N3O3/c1-15-12-23(14-20(26-15)8-4-3-5-9-20)19(24)22-18-7-6-16(13-25-2)17(10-18)11-21/h6-7,10,15H,3-5,8-9,12-14H2,1-2H3,(H,22,24). The molecule has 1 aromatic rings. The molecule has 1 saturated heterocycles. The van der Waals surface area contributed by atoms with Crippen LogP contribution < -0.4 is 5.32 Å². The first-order chi connectivity index (χ1) is 12.5. The average molecular weight is 357 g/mol. The Balaban J connectivity index is 1.70. The van der Waals surface area contributed by atoms with Gasteiger partial charge in [-0.25, -0.2) is 4.79 Å². The maximum Gasteiger partial charge on any atom is 0.322 e. The molecule has 1 aliphatic carbocycles. The fraction of sp³-hybridized carbons (Fsp3) is 0.600. The number of hydrogen-bond donors (Lipinski definition) is 1. The monoisotopic (exact) mass is 357 g/mol. The van der Waals surface area contributed by atoms with Gasteiger partial charge < -0.3 is 19.7 Å². The molecule has 3 rings (SSSR count). The molecule has 2 aliphatic rings. The van der Waals surface area contributed by atoms with Crippen LogP contribution in [0.1, 0.15) is 50.2 Å². The zero-order valence-corrected chi connectivity index (χ0v) is 15.6. The molecular formula is C20H27N3O3. The number of nitrogens with one attached hydrogen (secondary N) is 1. The summed E-state index contributed by atoms with van der Waals surface area (Å²) >= 11 is 0. The Labute approximate surface area is 155 Å². The van der Waals surface area contributed by atoms with Crippen LogP contribution in [0.15, 0.2) is 18.2 Å². The highest BCUT2D eigenvalue weighted by Crippen LogP contribution is 2.36. The summed E-state index contributed by atoms with van der Waals surface area (Å²) in [6.45, 7) is 3.63. The highest BCUT2D eigenvalue weighted by molar-refractivity contribution is 5.89. The lowest BCUT2D eigenvalue weighted by Gasteiger charge is -2.47. The van der Waals surface area contributed by atoms with Gasteiger partial charge in [0.1, 0.15) is 0 Å². The summed E-state index contributed by atoms with van der Waals surface area (Å²) in [5.74, 6) is 0. The molecule has 1 spiro atoms. The van der Waals surface area contributed by atoms with E-state index in [2.05, 4.69) is 11.4 Å². The van der Waals surface area contributed by atoms with Crippen molar-refractivity contribution < 1.29 is 14.3 Å². The molecule has 0 bridgehead atoms. The molecule has 1 aliphatic heterocycles. The number of hydrogen-bond acceptors (Lipinski definition) is 4. The van der Waals surface area contributed by atoms with Gasteiger partial charge in [0.05, 0.1) is 36.5 Å². The summed E-state index contributed by atoms with van der Waals surface area (Å²) in [6.07, 6.45) is 5.64. The first kappa shape index (κ1) is 18.7. The third kappa shape index (κ3) is 4.17. The Hall–Kier alpha value is -2.10. The van der Waals surface area contributed by atoms with E-state index < -0.39 is 0 Å². The van der Waals surface area contributed by atoms with Gasteiger partial charge in [0.2, 0.25) is 0 Å². The predicted octanol–water partition coefficient (Wildman–Crippen LogP) is 3.66. The number of amides is 2. The molecule has 6 heteroatoms. The topological polar surface area (TPSA) is 74.6 Å². The smallest absolute Gasteiger partial charge is 0.322 e. The van der Waals surface area contributed by atoms with Crippen molar-refractivity contribution in [2.24, 2.45) is 0 Å². The number of morpholine rings is 1. The molecule has 1 heterocycles. The second kappa shape index (κ2) is 8.07. The Morgan fingerprint density at radius 2 is 2.19 bits per heavy atom. The lowest BCUT2D eigenvalue weighted by atomic mass is 9.83. The predicted molar refractivity (Wildman–Crippen MR) is 98.8 cm³/mol. The first-order valence-corrected chi connectivity index (χ1v) is 9.31. The Morgan fingerprint density at radius 1 is 1.42 bits per heavy atom. The van der Waals surface area contributed by atoms with Crippen molar-refractivity contribution in [2.45, 2.75) is 57.3 Å². The molecule has 1 unspecified atom stereocenters. The molecule has 2 amide bonds. The minimum absolute atomic E-state index is 0.0337. The number of carbonyl (C=O) groups is 1. The van der Waals surface area contributed by atoms with Gasteiger partial charge in [0.25, 0.3) is 0 Å². The van der Waals surface area contributed by atoms with E-state index in [1.807, 2.05) is 24.0 Å². The Morgan fingerprint density at radius 3 is 2.88 bits per heavy atom. The number of benzene rings is 1. The van der Waals surface area contributed by atoms with Crippen LogP contribution in [0.2, 0.25) is 0 Å². The van der Waals surface area contributed by atoms with Crippen LogP contribution in [0.25, 0.3) is 0 Å². The number of ether oxygens (including phenoxy) is 2. The van der Waals surface area contributed by atoms with Gasteiger partial charge in [-0.3, -0.25) is 0 Å². The van der Waals surface area contributed by atoms with E-state index in [4.69, 9.17) is 9.47 Å². The molecule has 0 aromatic heterocycles. The normalized spacial score (nSPS) is 22.0. The van der Waals surface area contributed by atoms with E-state index in [1.165, 1.54) is 6.42 Å².